The molecular formula is C12H19N3O2S2. The second kappa shape index (κ2) is 6.93. The van der Waals surface area contributed by atoms with Crippen LogP contribution in [0.1, 0.15) is 19.4 Å². The first-order valence-electron chi connectivity index (χ1n) is 5.99. The van der Waals surface area contributed by atoms with Crippen molar-refractivity contribution in [2.45, 2.75) is 26.3 Å². The zero-order valence-electron chi connectivity index (χ0n) is 11.1. The van der Waals surface area contributed by atoms with E-state index in [4.69, 9.17) is 18.0 Å². The van der Waals surface area contributed by atoms with Crippen LogP contribution in [0.3, 0.4) is 0 Å². The topological polar surface area (TPSA) is 76.3 Å². The molecule has 0 bridgehead atoms. The quantitative estimate of drug-likeness (QED) is 0.759. The Labute approximate surface area is 119 Å². The maximum Gasteiger partial charge on any atom is 0.215 e. The van der Waals surface area contributed by atoms with Gasteiger partial charge in [-0.15, -0.1) is 0 Å². The minimum absolute atomic E-state index is 0.0395. The van der Waals surface area contributed by atoms with Gasteiger partial charge in [0.25, 0.3) is 0 Å². The van der Waals surface area contributed by atoms with Crippen molar-refractivity contribution in [3.05, 3.63) is 30.1 Å². The van der Waals surface area contributed by atoms with Gasteiger partial charge in [0, 0.05) is 18.4 Å². The summed E-state index contributed by atoms with van der Waals surface area (Å²) in [5.74, 6) is 0.0395. The smallest absolute Gasteiger partial charge is 0.215 e. The number of nitrogens with zero attached hydrogens (tertiary/aromatic N) is 2. The van der Waals surface area contributed by atoms with E-state index in [-0.39, 0.29) is 23.3 Å². The van der Waals surface area contributed by atoms with Crippen LogP contribution in [0.15, 0.2) is 24.5 Å². The molecule has 2 N–H and O–H groups in total. The Morgan fingerprint density at radius 1 is 1.42 bits per heavy atom. The van der Waals surface area contributed by atoms with E-state index in [1.807, 2.05) is 26.0 Å². The van der Waals surface area contributed by atoms with E-state index in [0.29, 0.717) is 6.42 Å². The minimum Gasteiger partial charge on any atom is -0.392 e. The number of hydrogen-bond acceptors (Lipinski definition) is 4. The van der Waals surface area contributed by atoms with E-state index < -0.39 is 10.0 Å². The highest BCUT2D eigenvalue weighted by molar-refractivity contribution is 7.89. The largest absolute Gasteiger partial charge is 0.392 e. The summed E-state index contributed by atoms with van der Waals surface area (Å²) in [7, 11) is -3.37. The average Bonchev–Trinajstić information content (AvgIpc) is 2.34. The van der Waals surface area contributed by atoms with Crippen molar-refractivity contribution in [1.82, 2.24) is 9.29 Å². The Hall–Kier alpha value is -1.05. The van der Waals surface area contributed by atoms with E-state index in [0.717, 1.165) is 5.56 Å². The highest BCUT2D eigenvalue weighted by Crippen LogP contribution is 2.10. The third kappa shape index (κ3) is 5.22. The van der Waals surface area contributed by atoms with Crippen molar-refractivity contribution in [1.29, 1.82) is 0 Å². The summed E-state index contributed by atoms with van der Waals surface area (Å²) in [4.78, 5) is 4.08. The molecule has 106 valence electrons. The lowest BCUT2D eigenvalue weighted by molar-refractivity contribution is 0.391. The number of aromatic nitrogens is 1. The monoisotopic (exact) mass is 301 g/mol. The number of aryl methyl sites for hydroxylation is 1. The first-order chi connectivity index (χ1) is 8.83. The standard InChI is InChI=1S/C12H19N3O2S2/c1-10(2)15(9-12(13)18)19(16,17)8-5-11-3-6-14-7-4-11/h3-4,6-7,10H,5,8-9H2,1-2H3,(H2,13,18). The Balaban J connectivity index is 2.75. The molecule has 0 amide bonds. The highest BCUT2D eigenvalue weighted by atomic mass is 32.2. The molecule has 0 fully saturated rings. The molecule has 1 rings (SSSR count). The summed E-state index contributed by atoms with van der Waals surface area (Å²) in [5.41, 5.74) is 6.39. The first-order valence-corrected chi connectivity index (χ1v) is 8.01. The van der Waals surface area contributed by atoms with Gasteiger partial charge in [-0.1, -0.05) is 12.2 Å². The molecule has 0 aliphatic heterocycles. The number of hydrogen-bond donors (Lipinski definition) is 1. The summed E-state index contributed by atoms with van der Waals surface area (Å²) < 4.78 is 25.9. The molecule has 0 aromatic carbocycles. The summed E-state index contributed by atoms with van der Waals surface area (Å²) in [6, 6.07) is 3.45. The van der Waals surface area contributed by atoms with Crippen molar-refractivity contribution in [3.8, 4) is 0 Å². The summed E-state index contributed by atoms with van der Waals surface area (Å²) >= 11 is 4.80. The third-order valence-corrected chi connectivity index (χ3v) is 4.76. The van der Waals surface area contributed by atoms with Gasteiger partial charge in [-0.25, -0.2) is 8.42 Å². The van der Waals surface area contributed by atoms with Crippen LogP contribution in [0.2, 0.25) is 0 Å². The second-order valence-electron chi connectivity index (χ2n) is 4.53. The third-order valence-electron chi connectivity index (χ3n) is 2.64. The van der Waals surface area contributed by atoms with Crippen LogP contribution in [0.4, 0.5) is 0 Å². The molecular weight excluding hydrogens is 282 g/mol. The zero-order chi connectivity index (χ0) is 14.5. The number of rotatable bonds is 7. The predicted molar refractivity (Wildman–Crippen MR) is 80.4 cm³/mol. The van der Waals surface area contributed by atoms with Gasteiger partial charge in [-0.2, -0.15) is 4.31 Å². The van der Waals surface area contributed by atoms with Gasteiger partial charge < -0.3 is 5.73 Å². The van der Waals surface area contributed by atoms with Crippen molar-refractivity contribution in [2.24, 2.45) is 5.73 Å². The van der Waals surface area contributed by atoms with Crippen molar-refractivity contribution in [3.63, 3.8) is 0 Å². The number of thiocarbonyl (C=S) groups is 1. The van der Waals surface area contributed by atoms with Crippen LogP contribution in [0, 0.1) is 0 Å². The molecule has 0 atom stereocenters. The molecule has 0 aliphatic rings. The van der Waals surface area contributed by atoms with E-state index in [1.54, 1.807) is 12.4 Å². The number of sulfonamides is 1. The SMILES string of the molecule is CC(C)N(CC(N)=S)S(=O)(=O)CCc1ccncc1. The normalized spacial score (nSPS) is 12.0. The molecule has 0 radical (unpaired) electrons. The second-order valence-corrected chi connectivity index (χ2v) is 7.09. The first kappa shape index (κ1) is 16.0. The maximum absolute atomic E-state index is 12.3. The fraction of sp³-hybridized carbons (Fsp3) is 0.500. The molecule has 5 nitrogen and oxygen atoms in total. The van der Waals surface area contributed by atoms with Gasteiger partial charge in [-0.05, 0) is 38.0 Å². The number of nitrogens with two attached hydrogens (primary N) is 1. The van der Waals surface area contributed by atoms with Crippen LogP contribution in [-0.4, -0.2) is 41.0 Å². The van der Waals surface area contributed by atoms with Gasteiger partial charge in [0.2, 0.25) is 10.0 Å². The van der Waals surface area contributed by atoms with Crippen molar-refractivity contribution in [2.75, 3.05) is 12.3 Å². The lowest BCUT2D eigenvalue weighted by Crippen LogP contribution is -2.43. The summed E-state index contributed by atoms with van der Waals surface area (Å²) in [6.45, 7) is 3.70. The van der Waals surface area contributed by atoms with Gasteiger partial charge in [0.15, 0.2) is 0 Å². The maximum atomic E-state index is 12.3. The van der Waals surface area contributed by atoms with Crippen LogP contribution < -0.4 is 5.73 Å². The molecule has 7 heteroatoms. The molecule has 1 aromatic heterocycles. The van der Waals surface area contributed by atoms with Gasteiger partial charge in [0.1, 0.15) is 0 Å². The van der Waals surface area contributed by atoms with Crippen LogP contribution in [-0.2, 0) is 16.4 Å². The highest BCUT2D eigenvalue weighted by Gasteiger charge is 2.25. The Morgan fingerprint density at radius 2 is 2.00 bits per heavy atom. The molecule has 0 spiro atoms. The van der Waals surface area contributed by atoms with E-state index in [1.165, 1.54) is 4.31 Å². The van der Waals surface area contributed by atoms with Crippen LogP contribution in [0.5, 0.6) is 0 Å². The van der Waals surface area contributed by atoms with E-state index in [2.05, 4.69) is 4.98 Å². The van der Waals surface area contributed by atoms with Crippen LogP contribution in [0.25, 0.3) is 0 Å². The van der Waals surface area contributed by atoms with Crippen molar-refractivity contribution < 1.29 is 8.42 Å². The van der Waals surface area contributed by atoms with Crippen molar-refractivity contribution >= 4 is 27.2 Å². The molecule has 0 aliphatic carbocycles. The van der Waals surface area contributed by atoms with E-state index in [9.17, 15) is 8.42 Å². The molecule has 1 aromatic rings. The zero-order valence-corrected chi connectivity index (χ0v) is 12.7. The number of pyridine rings is 1. The molecule has 1 heterocycles. The molecule has 0 saturated heterocycles. The van der Waals surface area contributed by atoms with Gasteiger partial charge in [-0.3, -0.25) is 4.98 Å². The Morgan fingerprint density at radius 3 is 2.47 bits per heavy atom. The summed E-state index contributed by atoms with van der Waals surface area (Å²) in [6.07, 6.45) is 3.75. The van der Waals surface area contributed by atoms with Gasteiger partial charge in [0.05, 0.1) is 17.3 Å². The van der Waals surface area contributed by atoms with E-state index >= 15 is 0 Å². The fourth-order valence-corrected chi connectivity index (χ4v) is 3.60. The lowest BCUT2D eigenvalue weighted by Gasteiger charge is -2.25. The fourth-order valence-electron chi connectivity index (χ4n) is 1.67. The van der Waals surface area contributed by atoms with Gasteiger partial charge >= 0.3 is 0 Å². The molecule has 0 unspecified atom stereocenters. The average molecular weight is 301 g/mol. The molecule has 19 heavy (non-hydrogen) atoms. The Kier molecular flexibility index (Phi) is 5.84. The predicted octanol–water partition coefficient (Wildman–Crippen LogP) is 0.950. The lowest BCUT2D eigenvalue weighted by atomic mass is 10.2. The summed E-state index contributed by atoms with van der Waals surface area (Å²) in [5, 5.41) is 0. The Bertz CT molecular complexity index is 515. The van der Waals surface area contributed by atoms with Crippen LogP contribution >= 0.6 is 12.2 Å². The minimum atomic E-state index is -3.37. The molecule has 0 saturated carbocycles.